The van der Waals surface area contributed by atoms with Crippen molar-refractivity contribution in [2.45, 2.75) is 6.92 Å². The molecule has 5 nitrogen and oxygen atoms in total. The van der Waals surface area contributed by atoms with E-state index < -0.39 is 0 Å². The smallest absolute Gasteiger partial charge is 0.143 e. The maximum absolute atomic E-state index is 6.52. The number of anilines is 4. The van der Waals surface area contributed by atoms with Crippen molar-refractivity contribution < 1.29 is 25.8 Å². The molecule has 1 aliphatic rings. The van der Waals surface area contributed by atoms with Crippen molar-refractivity contribution in [2.75, 3.05) is 9.80 Å². The van der Waals surface area contributed by atoms with Crippen molar-refractivity contribution in [1.29, 1.82) is 0 Å². The van der Waals surface area contributed by atoms with Gasteiger partial charge in [-0.25, -0.2) is 4.98 Å². The number of fused-ring (bicyclic) bond motifs is 4. The van der Waals surface area contributed by atoms with Crippen molar-refractivity contribution in [3.05, 3.63) is 200 Å². The van der Waals surface area contributed by atoms with Gasteiger partial charge in [-0.1, -0.05) is 115 Å². The van der Waals surface area contributed by atoms with Crippen LogP contribution in [0.2, 0.25) is 0 Å². The Hall–Kier alpha value is -6.42. The molecule has 10 rings (SSSR count). The second kappa shape index (κ2) is 14.4. The second-order valence-electron chi connectivity index (χ2n) is 13.4. The number of aromatic nitrogens is 2. The fourth-order valence-electron chi connectivity index (χ4n) is 7.65. The van der Waals surface area contributed by atoms with Gasteiger partial charge in [0.15, 0.2) is 0 Å². The molecule has 0 saturated carbocycles. The number of rotatable bonds is 7. The molecule has 0 atom stereocenters. The molecule has 0 fully saturated rings. The second-order valence-corrected chi connectivity index (χ2v) is 13.4. The molecule has 0 saturated heterocycles. The molecule has 0 spiro atoms. The summed E-state index contributed by atoms with van der Waals surface area (Å²) < 4.78 is 8.68. The van der Waals surface area contributed by atoms with Crippen LogP contribution in [0, 0.1) is 25.7 Å². The summed E-state index contributed by atoms with van der Waals surface area (Å²) in [4.78, 5) is 9.29. The van der Waals surface area contributed by atoms with E-state index in [9.17, 15) is 0 Å². The fraction of sp³-hybridized carbons (Fsp3) is 0.0204. The first-order valence-corrected chi connectivity index (χ1v) is 18.1. The van der Waals surface area contributed by atoms with Crippen LogP contribution in [0.5, 0.6) is 11.5 Å². The summed E-state index contributed by atoms with van der Waals surface area (Å²) in [5, 5.41) is 2.31. The average Bonchev–Trinajstić information content (AvgIpc) is 3.79. The maximum Gasteiger partial charge on any atom is 0.143 e. The quantitative estimate of drug-likeness (QED) is 0.149. The Morgan fingerprint density at radius 2 is 1.11 bits per heavy atom. The number of aryl methyl sites for hydroxylation is 1. The first-order valence-electron chi connectivity index (χ1n) is 18.1. The van der Waals surface area contributed by atoms with Crippen LogP contribution in [-0.4, -0.2) is 9.55 Å². The van der Waals surface area contributed by atoms with Gasteiger partial charge >= 0.3 is 0 Å². The van der Waals surface area contributed by atoms with E-state index in [2.05, 4.69) is 180 Å². The molecule has 2 aromatic heterocycles. The molecule has 3 heterocycles. The van der Waals surface area contributed by atoms with Gasteiger partial charge in [0.05, 0.1) is 5.52 Å². The Morgan fingerprint density at radius 3 is 1.80 bits per heavy atom. The molecule has 9 aromatic rings. The van der Waals surface area contributed by atoms with Crippen LogP contribution in [-0.2, 0) is 21.1 Å². The van der Waals surface area contributed by atoms with Gasteiger partial charge in [0.2, 0.25) is 0 Å². The molecule has 0 aliphatic carbocycles. The molecule has 0 radical (unpaired) electrons. The third kappa shape index (κ3) is 6.07. The summed E-state index contributed by atoms with van der Waals surface area (Å²) in [5.41, 5.74) is 12.7. The van der Waals surface area contributed by atoms with Crippen LogP contribution < -0.4 is 14.5 Å². The van der Waals surface area contributed by atoms with Gasteiger partial charge in [-0.3, -0.25) is 0 Å². The van der Waals surface area contributed by atoms with Crippen LogP contribution in [0.1, 0.15) is 5.56 Å². The van der Waals surface area contributed by atoms with Crippen molar-refractivity contribution in [3.8, 4) is 39.4 Å². The van der Waals surface area contributed by atoms with Gasteiger partial charge in [0.25, 0.3) is 0 Å². The molecule has 7 aromatic carbocycles. The van der Waals surface area contributed by atoms with Crippen molar-refractivity contribution in [2.24, 2.45) is 0 Å². The van der Waals surface area contributed by atoms with E-state index in [0.717, 1.165) is 72.6 Å². The minimum Gasteiger partial charge on any atom is -0.509 e. The Kier molecular flexibility index (Phi) is 9.01. The summed E-state index contributed by atoms with van der Waals surface area (Å²) in [6, 6.07) is 65.8. The number of benzene rings is 7. The minimum absolute atomic E-state index is 0. The number of ether oxygens (including phenoxy) is 1. The monoisotopic (exact) mass is 888 g/mol. The van der Waals surface area contributed by atoms with E-state index in [1.807, 2.05) is 36.5 Å². The Labute approximate surface area is 335 Å². The summed E-state index contributed by atoms with van der Waals surface area (Å²) in [7, 11) is 0. The minimum atomic E-state index is 0. The van der Waals surface area contributed by atoms with Gasteiger partial charge in [0.1, 0.15) is 5.65 Å². The summed E-state index contributed by atoms with van der Waals surface area (Å²) >= 11 is 0. The predicted octanol–water partition coefficient (Wildman–Crippen LogP) is 12.6. The number of hydrogen-bond acceptors (Lipinski definition) is 4. The third-order valence-corrected chi connectivity index (χ3v) is 10.1. The van der Waals surface area contributed by atoms with E-state index in [1.54, 1.807) is 0 Å². The van der Waals surface area contributed by atoms with Crippen LogP contribution in [0.3, 0.4) is 0 Å². The van der Waals surface area contributed by atoms with Crippen molar-refractivity contribution in [1.82, 2.24) is 9.55 Å². The van der Waals surface area contributed by atoms with Gasteiger partial charge in [-0.15, -0.1) is 48.8 Å². The van der Waals surface area contributed by atoms with Gasteiger partial charge in [-0.05, 0) is 47.9 Å². The van der Waals surface area contributed by atoms with Crippen LogP contribution in [0.25, 0.3) is 49.9 Å². The van der Waals surface area contributed by atoms with E-state index in [-0.39, 0.29) is 21.1 Å². The fourth-order valence-corrected chi connectivity index (χ4v) is 7.65. The van der Waals surface area contributed by atoms with Crippen molar-refractivity contribution in [3.63, 3.8) is 0 Å². The molecule has 0 bridgehead atoms. The molecule has 0 unspecified atom stereocenters. The van der Waals surface area contributed by atoms with E-state index in [4.69, 9.17) is 9.72 Å². The van der Waals surface area contributed by atoms with Gasteiger partial charge < -0.3 is 19.1 Å². The third-order valence-electron chi connectivity index (χ3n) is 10.1. The largest absolute Gasteiger partial charge is 0.509 e. The summed E-state index contributed by atoms with van der Waals surface area (Å²) in [6.45, 7) is 4.30. The Morgan fingerprint density at radius 1 is 0.545 bits per heavy atom. The average molecular weight is 889 g/mol. The zero-order chi connectivity index (χ0) is 36.0. The molecular weight excluding hydrogens is 856 g/mol. The van der Waals surface area contributed by atoms with E-state index in [1.165, 1.54) is 5.56 Å². The normalized spacial score (nSPS) is 12.2. The van der Waals surface area contributed by atoms with E-state index >= 15 is 0 Å². The van der Waals surface area contributed by atoms with Crippen LogP contribution >= 0.6 is 0 Å². The van der Waals surface area contributed by atoms with Crippen LogP contribution in [0.15, 0.2) is 176 Å². The zero-order valence-electron chi connectivity index (χ0n) is 29.8. The molecular formula is C49H33N4OPt-3. The molecule has 55 heavy (non-hydrogen) atoms. The molecule has 268 valence electrons. The zero-order valence-corrected chi connectivity index (χ0v) is 32.1. The summed E-state index contributed by atoms with van der Waals surface area (Å²) in [6.07, 6.45) is 1.87. The predicted molar refractivity (Wildman–Crippen MR) is 220 cm³/mol. The molecule has 0 N–H and O–H groups in total. The topological polar surface area (TPSA) is 33.5 Å². The Bertz CT molecular complexity index is 2760. The number of pyridine rings is 1. The summed E-state index contributed by atoms with van der Waals surface area (Å²) in [5.74, 6) is 1.19. The standard InChI is InChI=1S/C49H33N4O.Pt/c1-34-29-30-50-49-47(34)43-23-8-9-26-44(43)53(49)38-20-13-22-40(32-38)54-39-21-12-19-37(31-39)51-33-52(46-28-11-10-27-45(46)51)48-41(35-15-4-2-5-16-35)24-14-25-42(48)36-17-6-3-7-18-36;/h2-30,33H,1H3;/q-3;. The molecule has 6 heteroatoms. The van der Waals surface area contributed by atoms with Gasteiger partial charge in [0, 0.05) is 77.7 Å². The molecule has 1 aliphatic heterocycles. The van der Waals surface area contributed by atoms with Crippen molar-refractivity contribution >= 4 is 44.7 Å². The Balaban J connectivity index is 0.00000397. The van der Waals surface area contributed by atoms with Gasteiger partial charge in [-0.2, -0.15) is 12.1 Å². The number of nitrogens with zero attached hydrogens (tertiary/aromatic N) is 4. The van der Waals surface area contributed by atoms with E-state index in [0.29, 0.717) is 11.5 Å². The maximum atomic E-state index is 6.52. The first kappa shape index (κ1) is 34.4. The SMILES string of the molecule is Cc1ccnc2c1c1ccccc1n2-c1[c-]c(Oc2[c-]c(N3[CH-]N(c4c(-c5ccccc5)cccc4-c4ccccc4)c4ccccc43)ccc2)ccc1.[Pt]. The number of hydrogen-bond donors (Lipinski definition) is 0. The first-order chi connectivity index (χ1) is 26.7. The molecule has 0 amide bonds. The van der Waals surface area contributed by atoms with Crippen LogP contribution in [0.4, 0.5) is 22.7 Å². The number of para-hydroxylation sites is 4.